The van der Waals surface area contributed by atoms with Crippen molar-refractivity contribution in [2.45, 2.75) is 75.8 Å². The first-order valence-electron chi connectivity index (χ1n) is 16.8. The Balaban J connectivity index is 1.18. The number of nitrogens with one attached hydrogen (secondary N) is 2. The first-order chi connectivity index (χ1) is 23.0. The summed E-state index contributed by atoms with van der Waals surface area (Å²) in [6.07, 6.45) is 12.0. The first kappa shape index (κ1) is 30.8. The Morgan fingerprint density at radius 3 is 2.47 bits per heavy atom. The van der Waals surface area contributed by atoms with Crippen molar-refractivity contribution in [1.29, 1.82) is 0 Å². The van der Waals surface area contributed by atoms with E-state index in [4.69, 9.17) is 4.74 Å². The molecule has 242 valence electrons. The summed E-state index contributed by atoms with van der Waals surface area (Å²) in [5, 5.41) is 7.41. The SMILES string of the molecule is COC(=O)/C=C/c1ccc(NC(=O)C2(NC(=O)c3ccc4c(C5CCCCC5)c5n(c4c3)CCOc3ccccc3-5)CCCC2)cc1. The Bertz CT molecular complexity index is 1840. The fourth-order valence-electron chi connectivity index (χ4n) is 7.72. The summed E-state index contributed by atoms with van der Waals surface area (Å²) < 4.78 is 13.2. The summed E-state index contributed by atoms with van der Waals surface area (Å²) >= 11 is 0. The van der Waals surface area contributed by atoms with Crippen LogP contribution in [0, 0.1) is 0 Å². The van der Waals surface area contributed by atoms with Crippen LogP contribution < -0.4 is 15.4 Å². The van der Waals surface area contributed by atoms with Gasteiger partial charge in [-0.25, -0.2) is 4.79 Å². The molecule has 2 aliphatic carbocycles. The van der Waals surface area contributed by atoms with Gasteiger partial charge in [0.2, 0.25) is 5.91 Å². The van der Waals surface area contributed by atoms with E-state index in [-0.39, 0.29) is 11.8 Å². The second-order valence-electron chi connectivity index (χ2n) is 13.0. The molecule has 0 atom stereocenters. The molecule has 3 aliphatic rings. The van der Waals surface area contributed by atoms with Crippen molar-refractivity contribution >= 4 is 40.4 Å². The van der Waals surface area contributed by atoms with Gasteiger partial charge < -0.3 is 24.7 Å². The number of rotatable bonds is 7. The molecule has 1 aromatic heterocycles. The number of benzene rings is 3. The molecule has 7 rings (SSSR count). The van der Waals surface area contributed by atoms with Crippen molar-refractivity contribution in [3.8, 4) is 17.0 Å². The summed E-state index contributed by atoms with van der Waals surface area (Å²) in [6.45, 7) is 1.25. The highest BCUT2D eigenvalue weighted by atomic mass is 16.5. The second-order valence-corrected chi connectivity index (χ2v) is 13.0. The number of esters is 1. The fourth-order valence-corrected chi connectivity index (χ4v) is 7.72. The van der Waals surface area contributed by atoms with Crippen LogP contribution in [0.2, 0.25) is 0 Å². The average molecular weight is 632 g/mol. The van der Waals surface area contributed by atoms with Gasteiger partial charge in [0, 0.05) is 33.8 Å². The minimum Gasteiger partial charge on any atom is -0.491 e. The van der Waals surface area contributed by atoms with E-state index in [0.717, 1.165) is 35.2 Å². The molecule has 0 unspecified atom stereocenters. The maximum atomic E-state index is 14.0. The Kier molecular flexibility index (Phi) is 8.58. The number of methoxy groups -OCH3 is 1. The molecule has 8 nitrogen and oxygen atoms in total. The summed E-state index contributed by atoms with van der Waals surface area (Å²) in [5.41, 5.74) is 5.73. The number of nitrogens with zero attached hydrogens (tertiary/aromatic N) is 1. The van der Waals surface area contributed by atoms with Crippen molar-refractivity contribution in [1.82, 2.24) is 9.88 Å². The molecular formula is C39H41N3O5. The Morgan fingerprint density at radius 1 is 0.936 bits per heavy atom. The van der Waals surface area contributed by atoms with Crippen LogP contribution in [0.4, 0.5) is 5.69 Å². The van der Waals surface area contributed by atoms with Crippen LogP contribution in [0.25, 0.3) is 28.2 Å². The van der Waals surface area contributed by atoms with Crippen LogP contribution in [0.5, 0.6) is 5.75 Å². The van der Waals surface area contributed by atoms with Crippen LogP contribution in [0.15, 0.2) is 72.8 Å². The number of fused-ring (bicyclic) bond motifs is 5. The van der Waals surface area contributed by atoms with E-state index in [1.54, 1.807) is 18.2 Å². The number of aromatic nitrogens is 1. The number of hydrogen-bond donors (Lipinski definition) is 2. The molecule has 2 heterocycles. The van der Waals surface area contributed by atoms with Gasteiger partial charge in [0.05, 0.1) is 19.3 Å². The van der Waals surface area contributed by atoms with Crippen LogP contribution >= 0.6 is 0 Å². The van der Waals surface area contributed by atoms with Gasteiger partial charge in [-0.3, -0.25) is 9.59 Å². The molecule has 2 fully saturated rings. The molecule has 8 heteroatoms. The molecule has 3 aromatic carbocycles. The lowest BCUT2D eigenvalue weighted by molar-refractivity contribution is -0.134. The van der Waals surface area contributed by atoms with Crippen LogP contribution in [-0.2, 0) is 20.9 Å². The lowest BCUT2D eigenvalue weighted by Gasteiger charge is -2.29. The molecule has 0 radical (unpaired) electrons. The lowest BCUT2D eigenvalue weighted by atomic mass is 9.81. The van der Waals surface area contributed by atoms with Crippen LogP contribution in [-0.4, -0.2) is 41.6 Å². The van der Waals surface area contributed by atoms with E-state index in [9.17, 15) is 14.4 Å². The summed E-state index contributed by atoms with van der Waals surface area (Å²) in [7, 11) is 1.33. The van der Waals surface area contributed by atoms with Crippen molar-refractivity contribution < 1.29 is 23.9 Å². The Morgan fingerprint density at radius 2 is 1.70 bits per heavy atom. The maximum absolute atomic E-state index is 14.0. The van der Waals surface area contributed by atoms with E-state index in [2.05, 4.69) is 44.2 Å². The molecule has 0 bridgehead atoms. The number of hydrogen-bond acceptors (Lipinski definition) is 5. The van der Waals surface area contributed by atoms with Crippen molar-refractivity contribution in [3.05, 3.63) is 89.5 Å². The highest BCUT2D eigenvalue weighted by Crippen LogP contribution is 2.47. The third kappa shape index (κ3) is 6.04. The maximum Gasteiger partial charge on any atom is 0.330 e. The Hall–Kier alpha value is -4.85. The second kappa shape index (κ2) is 13.1. The van der Waals surface area contributed by atoms with Gasteiger partial charge in [0.1, 0.15) is 17.9 Å². The summed E-state index contributed by atoms with van der Waals surface area (Å²) in [4.78, 5) is 39.2. The predicted molar refractivity (Wildman–Crippen MR) is 183 cm³/mol. The minimum absolute atomic E-state index is 0.216. The zero-order valence-corrected chi connectivity index (χ0v) is 26.8. The van der Waals surface area contributed by atoms with Gasteiger partial charge in [-0.1, -0.05) is 62.4 Å². The van der Waals surface area contributed by atoms with E-state index in [0.29, 0.717) is 43.2 Å². The van der Waals surface area contributed by atoms with Crippen LogP contribution in [0.1, 0.15) is 85.2 Å². The number of anilines is 1. The van der Waals surface area contributed by atoms with Gasteiger partial charge in [-0.15, -0.1) is 0 Å². The molecule has 47 heavy (non-hydrogen) atoms. The fraction of sp³-hybridized carbons (Fsp3) is 0.359. The zero-order valence-electron chi connectivity index (χ0n) is 26.8. The van der Waals surface area contributed by atoms with Gasteiger partial charge in [0.25, 0.3) is 5.91 Å². The number of para-hydroxylation sites is 1. The van der Waals surface area contributed by atoms with Gasteiger partial charge in [0.15, 0.2) is 0 Å². The average Bonchev–Trinajstić information content (AvgIpc) is 3.66. The summed E-state index contributed by atoms with van der Waals surface area (Å²) in [6, 6.07) is 21.6. The molecule has 4 aromatic rings. The molecule has 2 saturated carbocycles. The predicted octanol–water partition coefficient (Wildman–Crippen LogP) is 7.62. The molecule has 0 spiro atoms. The van der Waals surface area contributed by atoms with Gasteiger partial charge >= 0.3 is 5.97 Å². The van der Waals surface area contributed by atoms with Crippen molar-refractivity contribution in [3.63, 3.8) is 0 Å². The quantitative estimate of drug-likeness (QED) is 0.162. The van der Waals surface area contributed by atoms with E-state index >= 15 is 0 Å². The van der Waals surface area contributed by atoms with E-state index in [1.165, 1.54) is 61.9 Å². The molecule has 1 aliphatic heterocycles. The number of carbonyl (C=O) groups is 3. The first-order valence-corrected chi connectivity index (χ1v) is 16.8. The third-order valence-electron chi connectivity index (χ3n) is 10.1. The number of ether oxygens (including phenoxy) is 2. The third-order valence-corrected chi connectivity index (χ3v) is 10.1. The Labute approximate surface area is 275 Å². The molecule has 0 saturated heterocycles. The van der Waals surface area contributed by atoms with Crippen LogP contribution in [0.3, 0.4) is 0 Å². The molecule has 2 N–H and O–H groups in total. The van der Waals surface area contributed by atoms with E-state index < -0.39 is 11.5 Å². The van der Waals surface area contributed by atoms with Gasteiger partial charge in [-0.2, -0.15) is 0 Å². The minimum atomic E-state index is -0.994. The van der Waals surface area contributed by atoms with Crippen molar-refractivity contribution in [2.24, 2.45) is 0 Å². The number of carbonyl (C=O) groups excluding carboxylic acids is 3. The number of amides is 2. The zero-order chi connectivity index (χ0) is 32.4. The van der Waals surface area contributed by atoms with E-state index in [1.807, 2.05) is 30.3 Å². The summed E-state index contributed by atoms with van der Waals surface area (Å²) in [5.74, 6) is 0.485. The van der Waals surface area contributed by atoms with Crippen molar-refractivity contribution in [2.75, 3.05) is 19.0 Å². The largest absolute Gasteiger partial charge is 0.491 e. The normalized spacial score (nSPS) is 17.4. The lowest BCUT2D eigenvalue weighted by Crippen LogP contribution is -2.55. The monoisotopic (exact) mass is 631 g/mol. The highest BCUT2D eigenvalue weighted by Gasteiger charge is 2.43. The van der Waals surface area contributed by atoms with Gasteiger partial charge in [-0.05, 0) is 85.2 Å². The highest BCUT2D eigenvalue weighted by molar-refractivity contribution is 6.06. The molecule has 2 amide bonds. The topological polar surface area (TPSA) is 98.7 Å². The smallest absolute Gasteiger partial charge is 0.330 e. The standard InChI is InChI=1S/C39H41N3O5/c1-46-34(43)20-15-26-13-17-29(18-14-26)40-38(45)39(21-7-8-22-39)41-37(44)28-16-19-30-32(25-28)42-23-24-47-33-12-6-5-11-31(33)36(42)35(30)27-9-3-2-4-10-27/h5-6,11-20,25,27H,2-4,7-10,21-24H2,1H3,(H,40,45)(H,41,44)/b20-15+. The molecular weight excluding hydrogens is 590 g/mol.